The Morgan fingerprint density at radius 2 is 0.707 bits per heavy atom. The maximum absolute atomic E-state index is 12.7. The summed E-state index contributed by atoms with van der Waals surface area (Å²) in [7, 11) is 1.49. The van der Waals surface area contributed by atoms with Crippen LogP contribution in [-0.2, 0) is 32.7 Å². The van der Waals surface area contributed by atoms with E-state index in [-0.39, 0.29) is 25.6 Å². The Hall–Kier alpha value is -1.25. The van der Waals surface area contributed by atoms with Crippen LogP contribution in [-0.4, -0.2) is 74.9 Å². The molecule has 0 aromatic heterocycles. The molecule has 0 aliphatic rings. The van der Waals surface area contributed by atoms with E-state index >= 15 is 0 Å². The van der Waals surface area contributed by atoms with Crippen LogP contribution in [0, 0.1) is 0 Å². The summed E-state index contributed by atoms with van der Waals surface area (Å²) in [6.07, 6.45) is 69.4. The predicted octanol–water partition coefficient (Wildman–Crippen LogP) is 20.8. The first-order valence-corrected chi connectivity index (χ1v) is 34.4. The van der Waals surface area contributed by atoms with Crippen molar-refractivity contribution in [2.24, 2.45) is 0 Å². The van der Waals surface area contributed by atoms with E-state index in [9.17, 15) is 19.0 Å². The van der Waals surface area contributed by atoms with Gasteiger partial charge in [-0.2, -0.15) is 0 Å². The second-order valence-corrected chi connectivity index (χ2v) is 25.3. The molecule has 0 aliphatic heterocycles. The summed E-state index contributed by atoms with van der Waals surface area (Å²) < 4.78 is 34.4. The third kappa shape index (κ3) is 61.8. The van der Waals surface area contributed by atoms with Crippen LogP contribution in [0.2, 0.25) is 0 Å². The van der Waals surface area contributed by atoms with Gasteiger partial charge in [-0.1, -0.05) is 309 Å². The van der Waals surface area contributed by atoms with Crippen molar-refractivity contribution in [3.8, 4) is 0 Å². The second kappa shape index (κ2) is 57.4. The molecule has 0 saturated heterocycles. The summed E-state index contributed by atoms with van der Waals surface area (Å²) in [4.78, 5) is 35.5. The van der Waals surface area contributed by atoms with Crippen LogP contribution in [0.3, 0.4) is 0 Å². The molecule has 75 heavy (non-hydrogen) atoms. The number of quaternary nitrogens is 1. The van der Waals surface area contributed by atoms with Crippen LogP contribution in [0.4, 0.5) is 0 Å². The summed E-state index contributed by atoms with van der Waals surface area (Å²) in [5.74, 6) is -0.795. The van der Waals surface area contributed by atoms with E-state index in [1.165, 1.54) is 250 Å². The first kappa shape index (κ1) is 73.8. The summed E-state index contributed by atoms with van der Waals surface area (Å²) in [5.41, 5.74) is 0. The van der Waals surface area contributed by atoms with E-state index in [2.05, 4.69) is 26.0 Å². The highest BCUT2D eigenvalue weighted by molar-refractivity contribution is 7.47. The van der Waals surface area contributed by atoms with Crippen LogP contribution in [0.25, 0.3) is 0 Å². The number of carbonyl (C=O) groups is 2. The number of allylic oxidation sites excluding steroid dienone is 2. The van der Waals surface area contributed by atoms with Gasteiger partial charge in [0.15, 0.2) is 6.10 Å². The fraction of sp³-hybridized carbons (Fsp3) is 0.938. The van der Waals surface area contributed by atoms with Crippen molar-refractivity contribution >= 4 is 19.8 Å². The third-order valence-electron chi connectivity index (χ3n) is 15.0. The number of nitrogens with zero attached hydrogens (tertiary/aromatic N) is 1. The van der Waals surface area contributed by atoms with Crippen LogP contribution < -0.4 is 0 Å². The number of hydrogen-bond donors (Lipinski definition) is 1. The normalized spacial score (nSPS) is 13.2. The van der Waals surface area contributed by atoms with Crippen molar-refractivity contribution in [1.82, 2.24) is 0 Å². The van der Waals surface area contributed by atoms with Gasteiger partial charge in [0.25, 0.3) is 0 Å². The van der Waals surface area contributed by atoms with Gasteiger partial charge in [0, 0.05) is 12.8 Å². The van der Waals surface area contributed by atoms with Crippen molar-refractivity contribution in [2.75, 3.05) is 47.5 Å². The first-order chi connectivity index (χ1) is 36.5. The molecular formula is C65H129NO8P+. The molecule has 0 aliphatic carbocycles. The maximum Gasteiger partial charge on any atom is 0.472 e. The molecule has 0 rings (SSSR count). The molecule has 0 spiro atoms. The van der Waals surface area contributed by atoms with Gasteiger partial charge in [0.2, 0.25) is 0 Å². The lowest BCUT2D eigenvalue weighted by Gasteiger charge is -2.24. The largest absolute Gasteiger partial charge is 0.472 e. The monoisotopic (exact) mass is 1080 g/mol. The minimum atomic E-state index is -4.38. The summed E-state index contributed by atoms with van der Waals surface area (Å²) in [6, 6.07) is 0. The van der Waals surface area contributed by atoms with Gasteiger partial charge in [-0.25, -0.2) is 4.57 Å². The van der Waals surface area contributed by atoms with Crippen LogP contribution in [0.1, 0.15) is 341 Å². The number of rotatable bonds is 62. The number of phosphoric ester groups is 1. The van der Waals surface area contributed by atoms with E-state index < -0.39 is 26.5 Å². The van der Waals surface area contributed by atoms with Crippen LogP contribution >= 0.6 is 7.82 Å². The standard InChI is InChI=1S/C65H128NO8P/c1-6-8-10-12-14-16-18-19-20-21-22-23-24-25-26-27-28-29-30-31-32-33-34-35-36-37-38-39-40-41-42-43-44-45-46-47-48-50-51-53-55-57-64(67)71-61-63(62-73-75(69,70)72-60-59-66(3,4)5)74-65(68)58-56-54-52-49-17-15-13-11-9-7-2/h11,13,63H,6-10,12,14-62H2,1-5H3/p+1/b13-11-. The molecule has 2 unspecified atom stereocenters. The molecular weight excluding hydrogens is 954 g/mol. The van der Waals surface area contributed by atoms with Crippen molar-refractivity contribution in [1.29, 1.82) is 0 Å². The van der Waals surface area contributed by atoms with Crippen molar-refractivity contribution < 1.29 is 42.1 Å². The number of likely N-dealkylation sites (N-methyl/N-ethyl adjacent to an activating group) is 1. The maximum atomic E-state index is 12.7. The van der Waals surface area contributed by atoms with Crippen molar-refractivity contribution in [3.63, 3.8) is 0 Å². The lowest BCUT2D eigenvalue weighted by atomic mass is 10.0. The van der Waals surface area contributed by atoms with E-state index in [0.717, 1.165) is 57.8 Å². The smallest absolute Gasteiger partial charge is 0.462 e. The molecule has 446 valence electrons. The fourth-order valence-corrected chi connectivity index (χ4v) is 10.7. The second-order valence-electron chi connectivity index (χ2n) is 23.9. The Morgan fingerprint density at radius 3 is 1.04 bits per heavy atom. The zero-order chi connectivity index (χ0) is 54.9. The molecule has 0 fully saturated rings. The van der Waals surface area contributed by atoms with Gasteiger partial charge in [-0.15, -0.1) is 0 Å². The molecule has 0 aromatic carbocycles. The molecule has 0 amide bonds. The molecule has 1 N–H and O–H groups in total. The van der Waals surface area contributed by atoms with Crippen molar-refractivity contribution in [3.05, 3.63) is 12.2 Å². The summed E-state index contributed by atoms with van der Waals surface area (Å²) in [5, 5.41) is 0. The van der Waals surface area contributed by atoms with Gasteiger partial charge in [-0.05, 0) is 32.1 Å². The molecule has 0 heterocycles. The molecule has 0 radical (unpaired) electrons. The minimum Gasteiger partial charge on any atom is -0.462 e. The number of hydrogen-bond acceptors (Lipinski definition) is 7. The van der Waals surface area contributed by atoms with Gasteiger partial charge < -0.3 is 18.9 Å². The highest BCUT2D eigenvalue weighted by Gasteiger charge is 2.27. The van der Waals surface area contributed by atoms with E-state index in [4.69, 9.17) is 18.5 Å². The average molecular weight is 1080 g/mol. The number of carbonyl (C=O) groups excluding carboxylic acids is 2. The van der Waals surface area contributed by atoms with Gasteiger partial charge in [-0.3, -0.25) is 18.6 Å². The Morgan fingerprint density at radius 1 is 0.400 bits per heavy atom. The number of ether oxygens (including phenoxy) is 2. The lowest BCUT2D eigenvalue weighted by molar-refractivity contribution is -0.870. The molecule has 0 aromatic rings. The molecule has 0 saturated carbocycles. The van der Waals surface area contributed by atoms with Gasteiger partial charge >= 0.3 is 19.8 Å². The van der Waals surface area contributed by atoms with Crippen LogP contribution in [0.15, 0.2) is 12.2 Å². The minimum absolute atomic E-state index is 0.0333. The van der Waals surface area contributed by atoms with E-state index in [0.29, 0.717) is 23.9 Å². The topological polar surface area (TPSA) is 108 Å². The molecule has 2 atom stereocenters. The number of unbranched alkanes of at least 4 members (excludes halogenated alkanes) is 46. The predicted molar refractivity (Wildman–Crippen MR) is 321 cm³/mol. The average Bonchev–Trinajstić information content (AvgIpc) is 3.37. The Bertz CT molecular complexity index is 1270. The quantitative estimate of drug-likeness (QED) is 0.0211. The zero-order valence-electron chi connectivity index (χ0n) is 50.8. The van der Waals surface area contributed by atoms with Gasteiger partial charge in [0.1, 0.15) is 19.8 Å². The molecule has 10 heteroatoms. The zero-order valence-corrected chi connectivity index (χ0v) is 51.7. The highest BCUT2D eigenvalue weighted by Crippen LogP contribution is 2.43. The van der Waals surface area contributed by atoms with E-state index in [1.54, 1.807) is 0 Å². The lowest BCUT2D eigenvalue weighted by Crippen LogP contribution is -2.37. The Labute approximate surface area is 466 Å². The third-order valence-corrected chi connectivity index (χ3v) is 16.0. The summed E-state index contributed by atoms with van der Waals surface area (Å²) >= 11 is 0. The van der Waals surface area contributed by atoms with Crippen molar-refractivity contribution in [2.45, 2.75) is 347 Å². The highest BCUT2D eigenvalue weighted by atomic mass is 31.2. The Kier molecular flexibility index (Phi) is 56.5. The van der Waals surface area contributed by atoms with Crippen LogP contribution in [0.5, 0.6) is 0 Å². The van der Waals surface area contributed by atoms with Gasteiger partial charge in [0.05, 0.1) is 27.7 Å². The molecule has 0 bridgehead atoms. The fourth-order valence-electron chi connectivity index (χ4n) is 9.96. The number of esters is 2. The SMILES string of the molecule is CCC/C=C\CCCCCCCC(=O)OC(COC(=O)CCCCCCCCCCCCCCCCCCCCCCCCCCCCCCCCCCCCCCCCCCC)COP(=O)(O)OCC[N+](C)(C)C. The first-order valence-electron chi connectivity index (χ1n) is 32.9. The number of phosphoric acid groups is 1. The summed E-state index contributed by atoms with van der Waals surface area (Å²) in [6.45, 7) is 4.40. The Balaban J connectivity index is 3.71. The molecule has 9 nitrogen and oxygen atoms in total. The van der Waals surface area contributed by atoms with E-state index in [1.807, 2.05) is 21.1 Å².